The molecule has 0 spiro atoms. The molecule has 5 aliphatic heterocycles. The van der Waals surface area contributed by atoms with Crippen molar-refractivity contribution >= 4 is 52.9 Å². The molecule has 4 saturated heterocycles. The van der Waals surface area contributed by atoms with E-state index >= 15 is 0 Å². The fourth-order valence-electron chi connectivity index (χ4n) is 9.02. The van der Waals surface area contributed by atoms with Crippen LogP contribution in [0, 0.1) is 5.92 Å². The quantitative estimate of drug-likeness (QED) is 0.315. The second-order valence-electron chi connectivity index (χ2n) is 16.4. The number of likely N-dealkylation sites (N-methyl/N-ethyl adjacent to an activating group) is 1. The third kappa shape index (κ3) is 8.75. The Morgan fingerprint density at radius 2 is 1.59 bits per heavy atom. The smallest absolute Gasteiger partial charge is 0.328 e. The fraction of sp³-hybridized carbons (Fsp3) is 0.548. The van der Waals surface area contributed by atoms with Crippen LogP contribution in [0.1, 0.15) is 63.5 Å². The lowest BCUT2D eigenvalue weighted by atomic mass is 9.99. The Bertz CT molecular complexity index is 1930. The zero-order chi connectivity index (χ0) is 41.1. The number of carbonyl (C=O) groups excluding carboxylic acids is 7. The highest BCUT2D eigenvalue weighted by Crippen LogP contribution is 2.30. The predicted octanol–water partition coefficient (Wildman–Crippen LogP) is 1.57. The van der Waals surface area contributed by atoms with Gasteiger partial charge in [-0.1, -0.05) is 37.3 Å². The molecule has 0 bridgehead atoms. The van der Waals surface area contributed by atoms with E-state index in [0.717, 1.165) is 29.8 Å². The Hall–Kier alpha value is -5.67. The van der Waals surface area contributed by atoms with Crippen LogP contribution in [0.25, 0.3) is 0 Å². The minimum atomic E-state index is -1.43. The largest absolute Gasteiger partial charge is 0.461 e. The Kier molecular flexibility index (Phi) is 12.2. The van der Waals surface area contributed by atoms with Gasteiger partial charge in [0.2, 0.25) is 29.5 Å². The molecule has 310 valence electrons. The van der Waals surface area contributed by atoms with Crippen LogP contribution in [0.3, 0.4) is 0 Å². The number of nitrogens with zero attached hydrogens (tertiary/aromatic N) is 4. The number of amides is 7. The number of benzene rings is 2. The van der Waals surface area contributed by atoms with Gasteiger partial charge in [0, 0.05) is 51.0 Å². The number of nitrogens with one attached hydrogen (secondary N) is 4. The third-order valence-electron chi connectivity index (χ3n) is 12.1. The lowest BCUT2D eigenvalue weighted by Crippen LogP contribution is -2.62. The van der Waals surface area contributed by atoms with Gasteiger partial charge in [-0.3, -0.25) is 24.0 Å². The van der Waals surface area contributed by atoms with E-state index in [2.05, 4.69) is 26.2 Å². The molecule has 58 heavy (non-hydrogen) atoms. The maximum absolute atomic E-state index is 14.6. The number of piperidine rings is 1. The zero-order valence-electron chi connectivity index (χ0n) is 33.4. The van der Waals surface area contributed by atoms with Gasteiger partial charge in [0.05, 0.1) is 0 Å². The fourth-order valence-corrected chi connectivity index (χ4v) is 9.02. The SMILES string of the molecule is C[C@@H]1CC2C(=O)OC[C@H](NC(=O)[C@H](Cc3ccccc3)NC(=O)Nc3ccc4c(c3)CCN4C)C(=O)N3CCC[C@H]3C(=O)N3CCCC[C@H]3C(=O)N[C@@H](C)C(=O)N2C1. The summed E-state index contributed by atoms with van der Waals surface area (Å²) in [6.45, 7) is 4.57. The van der Waals surface area contributed by atoms with Gasteiger partial charge in [0.15, 0.2) is 0 Å². The second kappa shape index (κ2) is 17.4. The molecule has 0 aliphatic carbocycles. The van der Waals surface area contributed by atoms with Crippen LogP contribution in [0.5, 0.6) is 0 Å². The van der Waals surface area contributed by atoms with Gasteiger partial charge in [-0.05, 0) is 87.1 Å². The van der Waals surface area contributed by atoms with E-state index < -0.39 is 78.5 Å². The third-order valence-corrected chi connectivity index (χ3v) is 12.1. The van der Waals surface area contributed by atoms with Crippen molar-refractivity contribution < 1.29 is 38.3 Å². The monoisotopic (exact) mass is 798 g/mol. The molecule has 16 nitrogen and oxygen atoms in total. The number of hydrogen-bond donors (Lipinski definition) is 4. The number of fused-ring (bicyclic) bond motifs is 4. The maximum atomic E-state index is 14.6. The minimum Gasteiger partial charge on any atom is -0.461 e. The lowest BCUT2D eigenvalue weighted by molar-refractivity contribution is -0.158. The summed E-state index contributed by atoms with van der Waals surface area (Å²) in [6, 6.07) is 7.85. The number of urea groups is 1. The first-order valence-corrected chi connectivity index (χ1v) is 20.5. The van der Waals surface area contributed by atoms with Crippen LogP contribution in [-0.2, 0) is 46.3 Å². The molecule has 4 fully saturated rings. The molecular weight excluding hydrogens is 745 g/mol. The Morgan fingerprint density at radius 3 is 2.38 bits per heavy atom. The van der Waals surface area contributed by atoms with Crippen molar-refractivity contribution in [1.29, 1.82) is 0 Å². The zero-order valence-corrected chi connectivity index (χ0v) is 33.4. The van der Waals surface area contributed by atoms with E-state index in [1.807, 2.05) is 56.4 Å². The number of hydrogen-bond acceptors (Lipinski definition) is 9. The normalized spacial score (nSPS) is 27.2. The summed E-state index contributed by atoms with van der Waals surface area (Å²) in [5.74, 6) is -3.42. The van der Waals surface area contributed by atoms with E-state index in [-0.39, 0.29) is 31.3 Å². The molecule has 7 rings (SSSR count). The number of cyclic esters (lactones) is 1. The number of ether oxygens (including phenoxy) is 1. The van der Waals surface area contributed by atoms with Crippen molar-refractivity contribution in [2.24, 2.45) is 5.92 Å². The number of carbonyl (C=O) groups is 7. The molecule has 1 unspecified atom stereocenters. The first kappa shape index (κ1) is 40.5. The summed E-state index contributed by atoms with van der Waals surface area (Å²) in [7, 11) is 2.01. The van der Waals surface area contributed by atoms with Gasteiger partial charge in [-0.15, -0.1) is 0 Å². The molecule has 7 atom stereocenters. The van der Waals surface area contributed by atoms with Gasteiger partial charge in [0.25, 0.3) is 0 Å². The average molecular weight is 799 g/mol. The minimum absolute atomic E-state index is 0.0467. The molecule has 4 N–H and O–H groups in total. The van der Waals surface area contributed by atoms with Crippen molar-refractivity contribution in [2.75, 3.05) is 50.1 Å². The molecule has 0 saturated carbocycles. The summed E-state index contributed by atoms with van der Waals surface area (Å²) < 4.78 is 5.78. The molecule has 16 heteroatoms. The first-order valence-electron chi connectivity index (χ1n) is 20.5. The summed E-state index contributed by atoms with van der Waals surface area (Å²) in [5, 5.41) is 11.2. The van der Waals surface area contributed by atoms with Crippen LogP contribution in [-0.4, -0.2) is 132 Å². The van der Waals surface area contributed by atoms with Gasteiger partial charge in [-0.2, -0.15) is 0 Å². The van der Waals surface area contributed by atoms with E-state index in [1.54, 1.807) is 13.0 Å². The van der Waals surface area contributed by atoms with Crippen molar-refractivity contribution in [3.8, 4) is 0 Å². The second-order valence-corrected chi connectivity index (χ2v) is 16.4. The van der Waals surface area contributed by atoms with Crippen molar-refractivity contribution in [3.05, 3.63) is 59.7 Å². The van der Waals surface area contributed by atoms with E-state index in [0.29, 0.717) is 50.8 Å². The van der Waals surface area contributed by atoms with Crippen LogP contribution in [0.15, 0.2) is 48.5 Å². The highest BCUT2D eigenvalue weighted by molar-refractivity contribution is 5.98. The Morgan fingerprint density at radius 1 is 0.845 bits per heavy atom. The van der Waals surface area contributed by atoms with Gasteiger partial charge < -0.3 is 45.6 Å². The van der Waals surface area contributed by atoms with Crippen molar-refractivity contribution in [2.45, 2.75) is 101 Å². The van der Waals surface area contributed by atoms with Gasteiger partial charge in [0.1, 0.15) is 42.9 Å². The molecular formula is C42H54N8O8. The molecule has 0 radical (unpaired) electrons. The number of rotatable bonds is 6. The Balaban J connectivity index is 1.16. The molecule has 2 aromatic rings. The average Bonchev–Trinajstić information content (AvgIpc) is 3.96. The summed E-state index contributed by atoms with van der Waals surface area (Å²) in [4.78, 5) is 104. The van der Waals surface area contributed by atoms with Crippen LogP contribution in [0.2, 0.25) is 0 Å². The molecule has 7 amide bonds. The van der Waals surface area contributed by atoms with Crippen molar-refractivity contribution in [1.82, 2.24) is 30.7 Å². The maximum Gasteiger partial charge on any atom is 0.328 e. The summed E-state index contributed by atoms with van der Waals surface area (Å²) >= 11 is 0. The first-order chi connectivity index (χ1) is 27.9. The predicted molar refractivity (Wildman–Crippen MR) is 213 cm³/mol. The number of esters is 1. The van der Waals surface area contributed by atoms with E-state index in [4.69, 9.17) is 4.74 Å². The Labute approximate surface area is 338 Å². The molecule has 5 aliphatic rings. The van der Waals surface area contributed by atoms with Crippen LogP contribution < -0.4 is 26.2 Å². The summed E-state index contributed by atoms with van der Waals surface area (Å²) in [6.07, 6.45) is 3.88. The van der Waals surface area contributed by atoms with Gasteiger partial charge >= 0.3 is 12.0 Å². The van der Waals surface area contributed by atoms with Crippen LogP contribution >= 0.6 is 0 Å². The van der Waals surface area contributed by atoms with Crippen molar-refractivity contribution in [3.63, 3.8) is 0 Å². The summed E-state index contributed by atoms with van der Waals surface area (Å²) in [5.41, 5.74) is 3.50. The molecule has 5 heterocycles. The van der Waals surface area contributed by atoms with Crippen LogP contribution in [0.4, 0.5) is 16.2 Å². The number of anilines is 2. The topological polar surface area (TPSA) is 190 Å². The highest BCUT2D eigenvalue weighted by Gasteiger charge is 2.46. The highest BCUT2D eigenvalue weighted by atomic mass is 16.5. The van der Waals surface area contributed by atoms with Gasteiger partial charge in [-0.25, -0.2) is 9.59 Å². The molecule has 0 aromatic heterocycles. The molecule has 2 aromatic carbocycles. The standard InChI is InChI=1S/C42H54N8O8/c1-25-20-35-41(56)58-24-31(39(54)49-18-9-13-34(49)40(55)48-17-8-7-12-33(48)37(52)43-26(2)38(53)50(35)23-25)45-36(51)30(21-27-10-5-4-6-11-27)46-42(57)44-29-14-15-32-28(22-29)16-19-47(32)3/h4-6,10-11,14-15,22,25-26,30-31,33-35H,7-9,12-13,16-21,23-24H2,1-3H3,(H,43,52)(H,45,51)(H2,44,46,57)/t25-,26+,30+,31+,33+,34+,35?/m1/s1. The van der Waals surface area contributed by atoms with E-state index in [1.165, 1.54) is 14.7 Å². The van der Waals surface area contributed by atoms with E-state index in [9.17, 15) is 33.6 Å². The lowest BCUT2D eigenvalue weighted by Gasteiger charge is -2.39.